The number of carbonyl (C=O) groups is 1. The number of hydrogen-bond acceptors (Lipinski definition) is 4. The highest BCUT2D eigenvalue weighted by Crippen LogP contribution is 2.38. The summed E-state index contributed by atoms with van der Waals surface area (Å²) in [7, 11) is 1.54. The third-order valence-corrected chi connectivity index (χ3v) is 5.18. The lowest BCUT2D eigenvalue weighted by molar-refractivity contribution is -0.122. The van der Waals surface area contributed by atoms with Gasteiger partial charge >= 0.3 is 0 Å². The number of thiocarbonyl (C=S) groups is 1. The maximum Gasteiger partial charge on any atom is 0.276 e. The molecule has 0 aliphatic carbocycles. The van der Waals surface area contributed by atoms with E-state index in [-0.39, 0.29) is 18.3 Å². The minimum Gasteiger partial charge on any atom is -0.493 e. The molecule has 0 bridgehead atoms. The number of benzene rings is 2. The van der Waals surface area contributed by atoms with E-state index >= 15 is 0 Å². The van der Waals surface area contributed by atoms with E-state index in [0.717, 1.165) is 17.5 Å². The van der Waals surface area contributed by atoms with Crippen molar-refractivity contribution in [2.75, 3.05) is 13.7 Å². The first-order valence-corrected chi connectivity index (χ1v) is 10.2. The van der Waals surface area contributed by atoms with Gasteiger partial charge in [-0.05, 0) is 76.0 Å². The van der Waals surface area contributed by atoms with Gasteiger partial charge in [-0.15, -0.1) is 0 Å². The van der Waals surface area contributed by atoms with Gasteiger partial charge in [-0.25, -0.2) is 4.39 Å². The minimum atomic E-state index is -0.294. The molecule has 0 unspecified atom stereocenters. The first kappa shape index (κ1) is 21.3. The second kappa shape index (κ2) is 9.37. The van der Waals surface area contributed by atoms with E-state index in [1.165, 1.54) is 12.1 Å². The van der Waals surface area contributed by atoms with Crippen molar-refractivity contribution >= 4 is 45.2 Å². The smallest absolute Gasteiger partial charge is 0.276 e. The van der Waals surface area contributed by atoms with Crippen LogP contribution in [0.1, 0.15) is 24.5 Å². The zero-order valence-electron chi connectivity index (χ0n) is 16.0. The van der Waals surface area contributed by atoms with Gasteiger partial charge in [0.2, 0.25) is 0 Å². The molecular weight excluding hydrogens is 459 g/mol. The highest BCUT2D eigenvalue weighted by atomic mass is 79.9. The van der Waals surface area contributed by atoms with Crippen LogP contribution in [0.3, 0.4) is 0 Å². The Morgan fingerprint density at radius 1 is 1.28 bits per heavy atom. The van der Waals surface area contributed by atoms with Crippen molar-refractivity contribution in [3.8, 4) is 11.5 Å². The maximum absolute atomic E-state index is 13.0. The topological polar surface area (TPSA) is 50.8 Å². The molecule has 5 nitrogen and oxygen atoms in total. The van der Waals surface area contributed by atoms with Gasteiger partial charge in [0.15, 0.2) is 16.6 Å². The number of methoxy groups -OCH3 is 1. The van der Waals surface area contributed by atoms with Crippen molar-refractivity contribution in [1.29, 1.82) is 0 Å². The zero-order chi connectivity index (χ0) is 21.0. The van der Waals surface area contributed by atoms with Crippen molar-refractivity contribution in [3.63, 3.8) is 0 Å². The summed E-state index contributed by atoms with van der Waals surface area (Å²) in [5.74, 6) is 0.583. The molecular formula is C21H20BrFN2O3S. The molecule has 152 valence electrons. The summed E-state index contributed by atoms with van der Waals surface area (Å²) in [6.07, 6.45) is 2.54. The van der Waals surface area contributed by atoms with Crippen LogP contribution in [-0.4, -0.2) is 29.6 Å². The summed E-state index contributed by atoms with van der Waals surface area (Å²) in [4.78, 5) is 14.1. The molecule has 0 spiro atoms. The Morgan fingerprint density at radius 2 is 2.00 bits per heavy atom. The predicted octanol–water partition coefficient (Wildman–Crippen LogP) is 4.64. The normalized spacial score (nSPS) is 15.0. The molecule has 29 heavy (non-hydrogen) atoms. The highest BCUT2D eigenvalue weighted by molar-refractivity contribution is 9.10. The van der Waals surface area contributed by atoms with E-state index < -0.39 is 0 Å². The predicted molar refractivity (Wildman–Crippen MR) is 117 cm³/mol. The molecule has 2 aromatic carbocycles. The average molecular weight is 479 g/mol. The molecule has 1 aliphatic rings. The van der Waals surface area contributed by atoms with Gasteiger partial charge in [0.1, 0.15) is 18.1 Å². The summed E-state index contributed by atoms with van der Waals surface area (Å²) in [5.41, 5.74) is 1.99. The first-order chi connectivity index (χ1) is 13.9. The monoisotopic (exact) mass is 478 g/mol. The van der Waals surface area contributed by atoms with Gasteiger partial charge in [0.05, 0.1) is 11.6 Å². The van der Waals surface area contributed by atoms with E-state index in [1.807, 2.05) is 13.0 Å². The number of ether oxygens (including phenoxy) is 2. The number of carbonyl (C=O) groups excluding carboxylic acids is 1. The molecule has 1 fully saturated rings. The Morgan fingerprint density at radius 3 is 2.66 bits per heavy atom. The van der Waals surface area contributed by atoms with Crippen LogP contribution in [0.5, 0.6) is 11.5 Å². The molecule has 0 aromatic heterocycles. The van der Waals surface area contributed by atoms with Crippen molar-refractivity contribution in [2.45, 2.75) is 20.0 Å². The van der Waals surface area contributed by atoms with Crippen LogP contribution in [0.15, 0.2) is 46.6 Å². The van der Waals surface area contributed by atoms with Gasteiger partial charge in [-0.1, -0.05) is 19.1 Å². The quantitative estimate of drug-likeness (QED) is 0.463. The van der Waals surface area contributed by atoms with E-state index in [0.29, 0.717) is 33.3 Å². The minimum absolute atomic E-state index is 0.149. The summed E-state index contributed by atoms with van der Waals surface area (Å²) < 4.78 is 25.1. The number of rotatable bonds is 7. The van der Waals surface area contributed by atoms with Gasteiger partial charge in [0.25, 0.3) is 5.91 Å². The first-order valence-electron chi connectivity index (χ1n) is 9.02. The molecule has 2 aromatic rings. The van der Waals surface area contributed by atoms with Gasteiger partial charge in [0, 0.05) is 6.54 Å². The summed E-state index contributed by atoms with van der Waals surface area (Å²) >= 11 is 8.74. The Bertz CT molecular complexity index is 963. The SMILES string of the molecule is CCCN1C(=O)C(=Cc2cc(Br)c(OCc3ccc(F)cc3)c(OC)c2)NC1=S. The molecule has 1 aliphatic heterocycles. The standard InChI is InChI=1S/C21H20BrFN2O3S/c1-3-8-25-20(26)17(24-21(25)29)10-14-9-16(22)19(18(11-14)27-2)28-12-13-4-6-15(23)7-5-13/h4-7,9-11H,3,8,12H2,1-2H3,(H,24,29). The Kier molecular flexibility index (Phi) is 6.87. The molecule has 8 heteroatoms. The van der Waals surface area contributed by atoms with Crippen LogP contribution in [0.4, 0.5) is 4.39 Å². The molecule has 0 saturated carbocycles. The lowest BCUT2D eigenvalue weighted by Crippen LogP contribution is -2.31. The number of halogens is 2. The van der Waals surface area contributed by atoms with Crippen LogP contribution >= 0.6 is 28.1 Å². The molecule has 1 saturated heterocycles. The molecule has 0 radical (unpaired) electrons. The van der Waals surface area contributed by atoms with Crippen molar-refractivity contribution in [3.05, 3.63) is 63.5 Å². The second-order valence-corrected chi connectivity index (χ2v) is 7.64. The highest BCUT2D eigenvalue weighted by Gasteiger charge is 2.29. The summed E-state index contributed by atoms with van der Waals surface area (Å²) in [5, 5.41) is 3.37. The molecule has 1 amide bonds. The number of amides is 1. The van der Waals surface area contributed by atoms with Gasteiger partial charge < -0.3 is 14.8 Å². The zero-order valence-corrected chi connectivity index (χ0v) is 18.4. The van der Waals surface area contributed by atoms with Crippen LogP contribution < -0.4 is 14.8 Å². The molecule has 1 heterocycles. The molecule has 0 atom stereocenters. The van der Waals surface area contributed by atoms with E-state index in [1.54, 1.807) is 36.3 Å². The van der Waals surface area contributed by atoms with E-state index in [4.69, 9.17) is 21.7 Å². The van der Waals surface area contributed by atoms with Crippen molar-refractivity contribution in [1.82, 2.24) is 10.2 Å². The summed E-state index contributed by atoms with van der Waals surface area (Å²) in [6.45, 7) is 2.82. The van der Waals surface area contributed by atoms with Gasteiger partial charge in [-0.2, -0.15) is 0 Å². The third kappa shape index (κ3) is 4.94. The van der Waals surface area contributed by atoms with Crippen LogP contribution in [0.25, 0.3) is 6.08 Å². The summed E-state index contributed by atoms with van der Waals surface area (Å²) in [6, 6.07) is 9.71. The van der Waals surface area contributed by atoms with Gasteiger partial charge in [-0.3, -0.25) is 9.69 Å². The number of nitrogens with one attached hydrogen (secondary N) is 1. The molecule has 1 N–H and O–H groups in total. The van der Waals surface area contributed by atoms with Crippen molar-refractivity contribution < 1.29 is 18.7 Å². The molecule has 3 rings (SSSR count). The second-order valence-electron chi connectivity index (χ2n) is 6.39. The van der Waals surface area contributed by atoms with Crippen LogP contribution in [-0.2, 0) is 11.4 Å². The Labute approximate surface area is 182 Å². The fourth-order valence-corrected chi connectivity index (χ4v) is 3.72. The lowest BCUT2D eigenvalue weighted by atomic mass is 10.1. The Hall–Kier alpha value is -2.45. The van der Waals surface area contributed by atoms with Crippen molar-refractivity contribution in [2.24, 2.45) is 0 Å². The maximum atomic E-state index is 13.0. The van der Waals surface area contributed by atoms with Crippen LogP contribution in [0.2, 0.25) is 0 Å². The number of hydrogen-bond donors (Lipinski definition) is 1. The van der Waals surface area contributed by atoms with E-state index in [2.05, 4.69) is 21.2 Å². The number of nitrogens with zero attached hydrogens (tertiary/aromatic N) is 1. The van der Waals surface area contributed by atoms with E-state index in [9.17, 15) is 9.18 Å². The third-order valence-electron chi connectivity index (χ3n) is 4.27. The Balaban J connectivity index is 1.82. The largest absolute Gasteiger partial charge is 0.493 e. The average Bonchev–Trinajstić information content (AvgIpc) is 2.96. The fourth-order valence-electron chi connectivity index (χ4n) is 2.86. The van der Waals surface area contributed by atoms with Crippen LogP contribution in [0, 0.1) is 5.82 Å². The lowest BCUT2D eigenvalue weighted by Gasteiger charge is -2.14. The fraction of sp³-hybridized carbons (Fsp3) is 0.238.